The molecular formula is C21H18N2O6. The third kappa shape index (κ3) is 4.49. The molecule has 1 atom stereocenters. The molecule has 0 aromatic heterocycles. The number of amides is 1. The Labute approximate surface area is 166 Å². The van der Waals surface area contributed by atoms with Crippen LogP contribution in [0.3, 0.4) is 0 Å². The van der Waals surface area contributed by atoms with Crippen molar-refractivity contribution in [2.24, 2.45) is 0 Å². The summed E-state index contributed by atoms with van der Waals surface area (Å²) < 4.78 is 10.2. The first-order valence-electron chi connectivity index (χ1n) is 8.72. The molecule has 0 radical (unpaired) electrons. The summed E-state index contributed by atoms with van der Waals surface area (Å²) in [4.78, 5) is 35.2. The molecule has 0 aliphatic heterocycles. The van der Waals surface area contributed by atoms with Gasteiger partial charge < -0.3 is 14.8 Å². The fraction of sp³-hybridized carbons (Fsp3) is 0.143. The number of nitrogens with one attached hydrogen (secondary N) is 1. The highest BCUT2D eigenvalue weighted by molar-refractivity contribution is 5.99. The number of nitro benzene ring substituents is 1. The maximum absolute atomic E-state index is 12.4. The van der Waals surface area contributed by atoms with E-state index in [0.717, 1.165) is 16.8 Å². The Hall–Kier alpha value is -3.94. The van der Waals surface area contributed by atoms with Gasteiger partial charge in [-0.15, -0.1) is 0 Å². The third-order valence-corrected chi connectivity index (χ3v) is 4.28. The monoisotopic (exact) mass is 394 g/mol. The standard InChI is InChI=1S/C21H18N2O6/c1-13(20(24)22-16-8-7-14-5-3-4-6-15(14)11-16)29-21(25)18-12-17(23(26)27)9-10-19(18)28-2/h3-13H,1-2H3,(H,22,24)/t13-/m0/s1. The lowest BCUT2D eigenvalue weighted by Gasteiger charge is -2.15. The van der Waals surface area contributed by atoms with Gasteiger partial charge in [0.1, 0.15) is 11.3 Å². The van der Waals surface area contributed by atoms with Crippen LogP contribution in [0, 0.1) is 10.1 Å². The van der Waals surface area contributed by atoms with Crippen molar-refractivity contribution >= 4 is 34.0 Å². The third-order valence-electron chi connectivity index (χ3n) is 4.28. The Morgan fingerprint density at radius 3 is 2.45 bits per heavy atom. The topological polar surface area (TPSA) is 108 Å². The molecule has 3 aromatic carbocycles. The predicted octanol–water partition coefficient (Wildman–Crippen LogP) is 3.94. The van der Waals surface area contributed by atoms with E-state index in [2.05, 4.69) is 5.32 Å². The maximum Gasteiger partial charge on any atom is 0.342 e. The van der Waals surface area contributed by atoms with Crippen LogP contribution >= 0.6 is 0 Å². The fourth-order valence-electron chi connectivity index (χ4n) is 2.76. The number of hydrogen-bond donors (Lipinski definition) is 1. The molecule has 3 rings (SSSR count). The molecule has 0 saturated carbocycles. The molecule has 8 nitrogen and oxygen atoms in total. The summed E-state index contributed by atoms with van der Waals surface area (Å²) in [6, 6.07) is 16.7. The SMILES string of the molecule is COc1ccc([N+](=O)[O-])cc1C(=O)O[C@@H](C)C(=O)Nc1ccc2ccccc2c1. The second kappa shape index (κ2) is 8.39. The summed E-state index contributed by atoms with van der Waals surface area (Å²) in [5, 5.41) is 15.6. The lowest BCUT2D eigenvalue weighted by molar-refractivity contribution is -0.384. The molecule has 3 aromatic rings. The molecule has 0 aliphatic rings. The average molecular weight is 394 g/mol. The zero-order valence-electron chi connectivity index (χ0n) is 15.7. The summed E-state index contributed by atoms with van der Waals surface area (Å²) >= 11 is 0. The van der Waals surface area contributed by atoms with Crippen LogP contribution in [-0.2, 0) is 9.53 Å². The smallest absolute Gasteiger partial charge is 0.342 e. The first-order chi connectivity index (χ1) is 13.9. The van der Waals surface area contributed by atoms with Gasteiger partial charge in [0.05, 0.1) is 12.0 Å². The van der Waals surface area contributed by atoms with Crippen LogP contribution in [0.2, 0.25) is 0 Å². The van der Waals surface area contributed by atoms with Crippen LogP contribution in [0.4, 0.5) is 11.4 Å². The van der Waals surface area contributed by atoms with Crippen molar-refractivity contribution in [1.82, 2.24) is 0 Å². The number of non-ortho nitro benzene ring substituents is 1. The Morgan fingerprint density at radius 2 is 1.76 bits per heavy atom. The minimum atomic E-state index is -1.13. The van der Waals surface area contributed by atoms with E-state index >= 15 is 0 Å². The number of methoxy groups -OCH3 is 1. The minimum absolute atomic E-state index is 0.114. The molecule has 0 spiro atoms. The van der Waals surface area contributed by atoms with E-state index in [1.807, 2.05) is 36.4 Å². The van der Waals surface area contributed by atoms with Gasteiger partial charge in [0.25, 0.3) is 11.6 Å². The minimum Gasteiger partial charge on any atom is -0.496 e. The van der Waals surface area contributed by atoms with E-state index in [0.29, 0.717) is 5.69 Å². The number of benzene rings is 3. The number of rotatable bonds is 6. The highest BCUT2D eigenvalue weighted by Crippen LogP contribution is 2.25. The predicted molar refractivity (Wildman–Crippen MR) is 107 cm³/mol. The molecular weight excluding hydrogens is 376 g/mol. The summed E-state index contributed by atoms with van der Waals surface area (Å²) in [5.41, 5.74) is 0.141. The summed E-state index contributed by atoms with van der Waals surface area (Å²) in [5.74, 6) is -1.31. The second-order valence-corrected chi connectivity index (χ2v) is 6.24. The molecule has 0 heterocycles. The van der Waals surface area contributed by atoms with Crippen LogP contribution in [0.1, 0.15) is 17.3 Å². The second-order valence-electron chi connectivity index (χ2n) is 6.24. The van der Waals surface area contributed by atoms with E-state index in [4.69, 9.17) is 9.47 Å². The largest absolute Gasteiger partial charge is 0.496 e. The number of hydrogen-bond acceptors (Lipinski definition) is 6. The maximum atomic E-state index is 12.4. The summed E-state index contributed by atoms with van der Waals surface area (Å²) in [6.45, 7) is 1.41. The van der Waals surface area contributed by atoms with E-state index < -0.39 is 22.9 Å². The molecule has 0 unspecified atom stereocenters. The van der Waals surface area contributed by atoms with Crippen molar-refractivity contribution in [3.8, 4) is 5.75 Å². The van der Waals surface area contributed by atoms with Gasteiger partial charge in [-0.3, -0.25) is 14.9 Å². The van der Waals surface area contributed by atoms with Crippen molar-refractivity contribution in [3.63, 3.8) is 0 Å². The zero-order chi connectivity index (χ0) is 21.0. The Balaban J connectivity index is 1.72. The van der Waals surface area contributed by atoms with Crippen LogP contribution in [-0.4, -0.2) is 30.0 Å². The first kappa shape index (κ1) is 19.8. The lowest BCUT2D eigenvalue weighted by Crippen LogP contribution is -2.30. The van der Waals surface area contributed by atoms with Crippen LogP contribution in [0.15, 0.2) is 60.7 Å². The van der Waals surface area contributed by atoms with Gasteiger partial charge in [-0.1, -0.05) is 30.3 Å². The normalized spacial score (nSPS) is 11.5. The molecule has 1 amide bonds. The van der Waals surface area contributed by atoms with Gasteiger partial charge in [0, 0.05) is 17.8 Å². The molecule has 8 heteroatoms. The van der Waals surface area contributed by atoms with Gasteiger partial charge >= 0.3 is 5.97 Å². The number of fused-ring (bicyclic) bond motifs is 1. The van der Waals surface area contributed by atoms with Crippen molar-refractivity contribution < 1.29 is 24.0 Å². The molecule has 1 N–H and O–H groups in total. The number of nitrogens with zero attached hydrogens (tertiary/aromatic N) is 1. The number of ether oxygens (including phenoxy) is 2. The number of anilines is 1. The number of carbonyl (C=O) groups excluding carboxylic acids is 2. The lowest BCUT2D eigenvalue weighted by atomic mass is 10.1. The quantitative estimate of drug-likeness (QED) is 0.385. The van der Waals surface area contributed by atoms with Crippen LogP contribution in [0.25, 0.3) is 10.8 Å². The Morgan fingerprint density at radius 1 is 1.03 bits per heavy atom. The Kier molecular flexibility index (Phi) is 5.73. The molecule has 0 fully saturated rings. The summed E-state index contributed by atoms with van der Waals surface area (Å²) in [6.07, 6.45) is -1.13. The molecule has 0 bridgehead atoms. The first-order valence-corrected chi connectivity index (χ1v) is 8.72. The molecule has 0 aliphatic carbocycles. The van der Waals surface area contributed by atoms with Gasteiger partial charge in [-0.25, -0.2) is 4.79 Å². The Bertz CT molecular complexity index is 1100. The van der Waals surface area contributed by atoms with Gasteiger partial charge in [-0.05, 0) is 35.9 Å². The zero-order valence-corrected chi connectivity index (χ0v) is 15.7. The van der Waals surface area contributed by atoms with E-state index in [1.165, 1.54) is 26.2 Å². The summed E-state index contributed by atoms with van der Waals surface area (Å²) in [7, 11) is 1.33. The molecule has 148 valence electrons. The van der Waals surface area contributed by atoms with Crippen molar-refractivity contribution in [3.05, 3.63) is 76.3 Å². The highest BCUT2D eigenvalue weighted by Gasteiger charge is 2.23. The van der Waals surface area contributed by atoms with Crippen molar-refractivity contribution in [1.29, 1.82) is 0 Å². The number of carbonyl (C=O) groups is 2. The van der Waals surface area contributed by atoms with Gasteiger partial charge in [0.2, 0.25) is 0 Å². The average Bonchev–Trinajstić information content (AvgIpc) is 2.72. The van der Waals surface area contributed by atoms with E-state index in [9.17, 15) is 19.7 Å². The highest BCUT2D eigenvalue weighted by atomic mass is 16.6. The van der Waals surface area contributed by atoms with Crippen molar-refractivity contribution in [2.75, 3.05) is 12.4 Å². The van der Waals surface area contributed by atoms with Crippen molar-refractivity contribution in [2.45, 2.75) is 13.0 Å². The van der Waals surface area contributed by atoms with Crippen LogP contribution < -0.4 is 10.1 Å². The van der Waals surface area contributed by atoms with Crippen LogP contribution in [0.5, 0.6) is 5.75 Å². The fourth-order valence-corrected chi connectivity index (χ4v) is 2.76. The molecule has 0 saturated heterocycles. The van der Waals surface area contributed by atoms with E-state index in [1.54, 1.807) is 6.07 Å². The number of esters is 1. The molecule has 29 heavy (non-hydrogen) atoms. The number of nitro groups is 1. The van der Waals surface area contributed by atoms with Gasteiger partial charge in [0.15, 0.2) is 6.10 Å². The van der Waals surface area contributed by atoms with Gasteiger partial charge in [-0.2, -0.15) is 0 Å². The van der Waals surface area contributed by atoms with E-state index in [-0.39, 0.29) is 17.0 Å².